The number of hydrogen-bond donors (Lipinski definition) is 3. The molecular formula is C31H29F2N7. The van der Waals surface area contributed by atoms with Gasteiger partial charge in [0.2, 0.25) is 0 Å². The van der Waals surface area contributed by atoms with Gasteiger partial charge in [-0.25, -0.2) is 18.7 Å². The average Bonchev–Trinajstić information content (AvgIpc) is 3.39. The summed E-state index contributed by atoms with van der Waals surface area (Å²) < 4.78 is 29.8. The minimum Gasteiger partial charge on any atom is -0.397 e. The van der Waals surface area contributed by atoms with Crippen molar-refractivity contribution in [2.75, 3.05) is 11.1 Å². The van der Waals surface area contributed by atoms with Gasteiger partial charge in [0.1, 0.15) is 17.3 Å². The minimum atomic E-state index is -0.538. The maximum absolute atomic E-state index is 15.9. The first-order valence-corrected chi connectivity index (χ1v) is 13.4. The zero-order valence-corrected chi connectivity index (χ0v) is 21.9. The van der Waals surface area contributed by atoms with Gasteiger partial charge in [-0.15, -0.1) is 0 Å². The summed E-state index contributed by atoms with van der Waals surface area (Å²) in [6, 6.07) is 9.91. The highest BCUT2D eigenvalue weighted by atomic mass is 19.1. The first-order chi connectivity index (χ1) is 19.5. The molecule has 0 spiro atoms. The van der Waals surface area contributed by atoms with E-state index in [0.717, 1.165) is 29.8 Å². The predicted molar refractivity (Wildman–Crippen MR) is 153 cm³/mol. The molecule has 0 amide bonds. The Kier molecular flexibility index (Phi) is 6.94. The number of allylic oxidation sites excluding steroid dienone is 1. The van der Waals surface area contributed by atoms with Crippen LogP contribution in [0.3, 0.4) is 0 Å². The van der Waals surface area contributed by atoms with E-state index in [4.69, 9.17) is 5.73 Å². The molecule has 0 saturated heterocycles. The summed E-state index contributed by atoms with van der Waals surface area (Å²) in [4.78, 5) is 20.7. The van der Waals surface area contributed by atoms with Gasteiger partial charge >= 0.3 is 0 Å². The van der Waals surface area contributed by atoms with E-state index in [2.05, 4.69) is 36.8 Å². The zero-order valence-electron chi connectivity index (χ0n) is 21.9. The van der Waals surface area contributed by atoms with Gasteiger partial charge in [-0.1, -0.05) is 38.0 Å². The molecule has 1 aliphatic rings. The molecule has 0 unspecified atom stereocenters. The molecule has 1 aliphatic carbocycles. The number of hydrogen-bond acceptors (Lipinski definition) is 6. The quantitative estimate of drug-likeness (QED) is 0.206. The molecule has 0 radical (unpaired) electrons. The van der Waals surface area contributed by atoms with E-state index in [0.29, 0.717) is 34.0 Å². The Morgan fingerprint density at radius 2 is 1.88 bits per heavy atom. The molecule has 1 fully saturated rings. The third-order valence-corrected chi connectivity index (χ3v) is 7.49. The van der Waals surface area contributed by atoms with Gasteiger partial charge in [-0.2, -0.15) is 0 Å². The van der Waals surface area contributed by atoms with Gasteiger partial charge in [-0.05, 0) is 48.6 Å². The number of fused-ring (bicyclic) bond motifs is 1. The summed E-state index contributed by atoms with van der Waals surface area (Å²) in [6.07, 6.45) is 12.4. The van der Waals surface area contributed by atoms with Crippen molar-refractivity contribution in [1.82, 2.24) is 24.9 Å². The van der Waals surface area contributed by atoms with E-state index in [-0.39, 0.29) is 29.2 Å². The Morgan fingerprint density at radius 1 is 1.02 bits per heavy atom. The molecular weight excluding hydrogens is 508 g/mol. The van der Waals surface area contributed by atoms with Crippen LogP contribution in [0.1, 0.15) is 43.5 Å². The molecule has 1 saturated carbocycles. The van der Waals surface area contributed by atoms with Crippen LogP contribution >= 0.6 is 0 Å². The van der Waals surface area contributed by atoms with Gasteiger partial charge in [0, 0.05) is 41.2 Å². The fraction of sp³-hybridized carbons (Fsp3) is 0.226. The van der Waals surface area contributed by atoms with E-state index in [1.54, 1.807) is 30.7 Å². The zero-order chi connectivity index (χ0) is 27.6. The van der Waals surface area contributed by atoms with Crippen molar-refractivity contribution in [1.29, 1.82) is 0 Å². The summed E-state index contributed by atoms with van der Waals surface area (Å²) >= 11 is 0. The maximum Gasteiger partial charge on any atom is 0.178 e. The molecule has 6 rings (SSSR count). The van der Waals surface area contributed by atoms with Crippen LogP contribution in [0.15, 0.2) is 73.5 Å². The second-order valence-electron chi connectivity index (χ2n) is 10.2. The van der Waals surface area contributed by atoms with Crippen LogP contribution in [0.2, 0.25) is 0 Å². The number of rotatable bonds is 7. The van der Waals surface area contributed by atoms with Crippen molar-refractivity contribution in [2.24, 2.45) is 5.92 Å². The van der Waals surface area contributed by atoms with Crippen LogP contribution in [0, 0.1) is 17.6 Å². The largest absolute Gasteiger partial charge is 0.397 e. The number of aromatic amines is 1. The Balaban J connectivity index is 1.29. The van der Waals surface area contributed by atoms with Crippen LogP contribution < -0.4 is 11.1 Å². The Labute approximate surface area is 230 Å². The molecule has 4 N–H and O–H groups in total. The van der Waals surface area contributed by atoms with Crippen LogP contribution in [0.4, 0.5) is 20.2 Å². The number of pyridine rings is 3. The lowest BCUT2D eigenvalue weighted by Gasteiger charge is -2.24. The van der Waals surface area contributed by atoms with Crippen molar-refractivity contribution < 1.29 is 8.78 Å². The third-order valence-electron chi connectivity index (χ3n) is 7.49. The number of nitrogens with two attached hydrogens (primary N) is 1. The van der Waals surface area contributed by atoms with Gasteiger partial charge in [0.25, 0.3) is 0 Å². The molecule has 4 heterocycles. The Bertz CT molecular complexity index is 1710. The first kappa shape index (κ1) is 25.6. The van der Waals surface area contributed by atoms with Crippen molar-refractivity contribution in [2.45, 2.75) is 38.5 Å². The second-order valence-corrected chi connectivity index (χ2v) is 10.2. The predicted octanol–water partition coefficient (Wildman–Crippen LogP) is 7.04. The van der Waals surface area contributed by atoms with Gasteiger partial charge in [0.05, 0.1) is 29.3 Å². The molecule has 7 nitrogen and oxygen atoms in total. The van der Waals surface area contributed by atoms with Crippen LogP contribution in [0.5, 0.6) is 0 Å². The van der Waals surface area contributed by atoms with E-state index < -0.39 is 5.82 Å². The number of nitrogens with one attached hydrogen (secondary N) is 2. The van der Waals surface area contributed by atoms with E-state index in [9.17, 15) is 4.39 Å². The number of anilines is 2. The molecule has 4 aromatic heterocycles. The highest BCUT2D eigenvalue weighted by Crippen LogP contribution is 2.32. The van der Waals surface area contributed by atoms with E-state index in [1.807, 2.05) is 12.1 Å². The van der Waals surface area contributed by atoms with Crippen molar-refractivity contribution in [3.63, 3.8) is 0 Å². The van der Waals surface area contributed by atoms with Crippen molar-refractivity contribution >= 4 is 22.5 Å². The number of imidazole rings is 1. The molecule has 9 heteroatoms. The summed E-state index contributed by atoms with van der Waals surface area (Å²) in [5.74, 6) is 0.0267. The van der Waals surface area contributed by atoms with E-state index in [1.165, 1.54) is 37.6 Å². The standard InChI is InChI=1S/C31H29F2N7/c1-18(19-6-3-2-4-7-19)38-23-13-21(15-35-16-23)29-28(33)25(26(34)17-37-29)14-27-39-30-24(10-11-36-31(30)40-27)20-8-5-9-22(32)12-20/h5,8-13,15-17,19,38H,1-4,6-7,14,34H2,(H,36,39,40). The van der Waals surface area contributed by atoms with Crippen LogP contribution in [-0.2, 0) is 6.42 Å². The SMILES string of the molecule is C=C(Nc1cncc(-c2ncc(N)c(Cc3nc4nccc(-c5cccc(F)c5)c4[nH]3)c2F)c1)C1CCCCC1. The maximum atomic E-state index is 15.9. The van der Waals surface area contributed by atoms with E-state index >= 15 is 4.39 Å². The van der Waals surface area contributed by atoms with Crippen LogP contribution in [0.25, 0.3) is 33.5 Å². The molecule has 0 atom stereocenters. The fourth-order valence-electron chi connectivity index (χ4n) is 5.40. The number of benzene rings is 1. The average molecular weight is 538 g/mol. The topological polar surface area (TPSA) is 105 Å². The number of aromatic nitrogens is 5. The first-order valence-electron chi connectivity index (χ1n) is 13.4. The molecule has 40 heavy (non-hydrogen) atoms. The number of nitrogen functional groups attached to an aromatic ring is 1. The molecule has 5 aromatic rings. The lowest BCUT2D eigenvalue weighted by atomic mass is 9.87. The molecule has 202 valence electrons. The molecule has 0 aliphatic heterocycles. The number of halogens is 2. The van der Waals surface area contributed by atoms with Gasteiger partial charge < -0.3 is 16.0 Å². The summed E-state index contributed by atoms with van der Waals surface area (Å²) in [5.41, 5.74) is 11.6. The van der Waals surface area contributed by atoms with Crippen LogP contribution in [-0.4, -0.2) is 24.9 Å². The number of nitrogens with zero attached hydrogens (tertiary/aromatic N) is 4. The smallest absolute Gasteiger partial charge is 0.178 e. The third kappa shape index (κ3) is 5.14. The molecule has 0 bridgehead atoms. The summed E-state index contributed by atoms with van der Waals surface area (Å²) in [7, 11) is 0. The summed E-state index contributed by atoms with van der Waals surface area (Å²) in [5, 5.41) is 3.37. The second kappa shape index (κ2) is 10.8. The Hall–Kier alpha value is -4.66. The Morgan fingerprint density at radius 3 is 2.70 bits per heavy atom. The monoisotopic (exact) mass is 537 g/mol. The van der Waals surface area contributed by atoms with Crippen molar-refractivity contribution in [3.05, 3.63) is 96.5 Å². The lowest BCUT2D eigenvalue weighted by Crippen LogP contribution is -2.14. The van der Waals surface area contributed by atoms with Crippen molar-refractivity contribution in [3.8, 4) is 22.4 Å². The van der Waals surface area contributed by atoms with Gasteiger partial charge in [-0.3, -0.25) is 9.97 Å². The molecule has 1 aromatic carbocycles. The highest BCUT2D eigenvalue weighted by Gasteiger charge is 2.20. The fourth-order valence-corrected chi connectivity index (χ4v) is 5.40. The summed E-state index contributed by atoms with van der Waals surface area (Å²) in [6.45, 7) is 4.23. The number of H-pyrrole nitrogens is 1. The normalized spacial score (nSPS) is 13.9. The van der Waals surface area contributed by atoms with Gasteiger partial charge in [0.15, 0.2) is 11.5 Å². The minimum absolute atomic E-state index is 0.0932. The highest BCUT2D eigenvalue weighted by molar-refractivity contribution is 5.89. The lowest BCUT2D eigenvalue weighted by molar-refractivity contribution is 0.405.